The minimum Gasteiger partial charge on any atom is -0.480 e. The number of aromatic nitrogens is 3. The SMILES string of the molecule is Nc1nc(N)c(NC(=O)Nc2ccc(C(=O)N[C@@H](CCC(=O)NS(=O)(=O)c3ccccc3)C(=O)O)nc2)c(=O)[nH]1. The molecule has 0 aliphatic heterocycles. The van der Waals surface area contributed by atoms with E-state index in [0.717, 1.165) is 6.20 Å². The highest BCUT2D eigenvalue weighted by Crippen LogP contribution is 2.12. The second-order valence-electron chi connectivity index (χ2n) is 7.97. The molecule has 2 heterocycles. The summed E-state index contributed by atoms with van der Waals surface area (Å²) in [5.74, 6) is -3.89. The molecule has 18 heteroatoms. The van der Waals surface area contributed by atoms with E-state index in [1.807, 2.05) is 4.72 Å². The number of hydrogen-bond acceptors (Lipinski definition) is 11. The highest BCUT2D eigenvalue weighted by atomic mass is 32.2. The number of nitrogens with one attached hydrogen (secondary N) is 5. The molecule has 0 bridgehead atoms. The number of carbonyl (C=O) groups excluding carboxylic acids is 3. The van der Waals surface area contributed by atoms with Crippen molar-refractivity contribution in [2.45, 2.75) is 23.8 Å². The molecule has 0 saturated carbocycles. The number of nitrogen functional groups attached to an aromatic ring is 2. The molecule has 0 unspecified atom stereocenters. The van der Waals surface area contributed by atoms with E-state index in [2.05, 4.69) is 30.9 Å². The standard InChI is InChI=1S/C22H23N9O8S/c23-17-16(19(34)30-21(24)29-17)28-22(37)26-11-6-7-13(25-10-11)18(33)27-14(20(35)36)8-9-15(32)31-40(38,39)12-4-2-1-3-5-12/h1-7,10,14H,8-9H2,(H,27,33)(H,31,32)(H,35,36)(H2,26,28,37)(H5,23,24,29,30,34)/t14-/m0/s1. The Hall–Kier alpha value is -5.52. The number of carboxylic acid groups (broad SMARTS) is 1. The van der Waals surface area contributed by atoms with Gasteiger partial charge < -0.3 is 27.2 Å². The first-order chi connectivity index (χ1) is 18.9. The van der Waals surface area contributed by atoms with Gasteiger partial charge in [-0.05, 0) is 30.7 Å². The fraction of sp³-hybridized carbons (Fsp3) is 0.136. The third-order valence-electron chi connectivity index (χ3n) is 5.02. The van der Waals surface area contributed by atoms with Crippen LogP contribution in [0.1, 0.15) is 23.3 Å². The Morgan fingerprint density at radius 2 is 1.73 bits per heavy atom. The fourth-order valence-electron chi connectivity index (χ4n) is 3.13. The van der Waals surface area contributed by atoms with Gasteiger partial charge in [-0.1, -0.05) is 18.2 Å². The predicted molar refractivity (Wildman–Crippen MR) is 140 cm³/mol. The van der Waals surface area contributed by atoms with E-state index in [4.69, 9.17) is 11.5 Å². The monoisotopic (exact) mass is 573 g/mol. The van der Waals surface area contributed by atoms with Crippen LogP contribution in [0.5, 0.6) is 0 Å². The Labute approximate surface area is 225 Å². The number of urea groups is 1. The summed E-state index contributed by atoms with van der Waals surface area (Å²) in [7, 11) is -4.14. The zero-order chi connectivity index (χ0) is 29.4. The van der Waals surface area contributed by atoms with Crippen molar-refractivity contribution in [1.82, 2.24) is 25.0 Å². The van der Waals surface area contributed by atoms with Gasteiger partial charge in [0.25, 0.3) is 21.5 Å². The van der Waals surface area contributed by atoms with Crippen molar-refractivity contribution < 1.29 is 32.7 Å². The number of rotatable bonds is 10. The Balaban J connectivity index is 1.55. The van der Waals surface area contributed by atoms with Gasteiger partial charge in [0, 0.05) is 6.42 Å². The minimum atomic E-state index is -4.14. The third kappa shape index (κ3) is 7.74. The van der Waals surface area contributed by atoms with Crippen LogP contribution >= 0.6 is 0 Å². The fourth-order valence-corrected chi connectivity index (χ4v) is 4.17. The number of H-pyrrole nitrogens is 1. The number of pyridine rings is 1. The van der Waals surface area contributed by atoms with Crippen LogP contribution < -0.4 is 37.7 Å². The Morgan fingerprint density at radius 1 is 1.02 bits per heavy atom. The van der Waals surface area contributed by atoms with E-state index in [-0.39, 0.29) is 33.7 Å². The molecule has 10 N–H and O–H groups in total. The van der Waals surface area contributed by atoms with Gasteiger partial charge >= 0.3 is 12.0 Å². The summed E-state index contributed by atoms with van der Waals surface area (Å²) < 4.78 is 26.3. The van der Waals surface area contributed by atoms with Crippen molar-refractivity contribution in [3.63, 3.8) is 0 Å². The first kappa shape index (κ1) is 29.0. The van der Waals surface area contributed by atoms with Crippen LogP contribution in [0.25, 0.3) is 0 Å². The van der Waals surface area contributed by atoms with E-state index in [0.29, 0.717) is 0 Å². The molecule has 4 amide bonds. The molecule has 2 aromatic heterocycles. The Bertz CT molecular complexity index is 1590. The largest absolute Gasteiger partial charge is 0.480 e. The Morgan fingerprint density at radius 3 is 2.33 bits per heavy atom. The van der Waals surface area contributed by atoms with Crippen molar-refractivity contribution in [3.05, 3.63) is 64.7 Å². The molecule has 0 saturated heterocycles. The lowest BCUT2D eigenvalue weighted by molar-refractivity contribution is -0.139. The van der Waals surface area contributed by atoms with Crippen LogP contribution in [0.4, 0.5) is 27.9 Å². The number of aliphatic carboxylic acids is 1. The lowest BCUT2D eigenvalue weighted by Crippen LogP contribution is -2.42. The normalized spacial score (nSPS) is 11.6. The maximum Gasteiger partial charge on any atom is 0.326 e. The summed E-state index contributed by atoms with van der Waals surface area (Å²) in [6.07, 6.45) is 0.145. The summed E-state index contributed by atoms with van der Waals surface area (Å²) in [6.45, 7) is 0. The number of amides is 4. The number of anilines is 4. The first-order valence-corrected chi connectivity index (χ1v) is 12.7. The topological polar surface area (TPSA) is 281 Å². The molecule has 3 rings (SSSR count). The summed E-state index contributed by atoms with van der Waals surface area (Å²) in [5, 5.41) is 16.2. The van der Waals surface area contributed by atoms with Gasteiger partial charge in [0.15, 0.2) is 11.5 Å². The first-order valence-electron chi connectivity index (χ1n) is 11.2. The summed E-state index contributed by atoms with van der Waals surface area (Å²) in [4.78, 5) is 69.7. The van der Waals surface area contributed by atoms with Gasteiger partial charge in [0.05, 0.1) is 16.8 Å². The summed E-state index contributed by atoms with van der Waals surface area (Å²) in [5.41, 5.74) is 9.66. The number of nitrogens with two attached hydrogens (primary N) is 2. The average Bonchev–Trinajstić information content (AvgIpc) is 2.89. The number of sulfonamides is 1. The third-order valence-corrected chi connectivity index (χ3v) is 6.41. The minimum absolute atomic E-state index is 0.0959. The molecule has 3 aromatic rings. The van der Waals surface area contributed by atoms with Gasteiger partial charge in [-0.3, -0.25) is 24.7 Å². The molecular weight excluding hydrogens is 550 g/mol. The van der Waals surface area contributed by atoms with Gasteiger partial charge in [-0.25, -0.2) is 27.7 Å². The molecular formula is C22H23N9O8S. The van der Waals surface area contributed by atoms with E-state index >= 15 is 0 Å². The van der Waals surface area contributed by atoms with Crippen molar-refractivity contribution in [2.24, 2.45) is 0 Å². The molecule has 0 radical (unpaired) electrons. The van der Waals surface area contributed by atoms with Crippen LogP contribution in [0.2, 0.25) is 0 Å². The Kier molecular flexibility index (Phi) is 8.97. The van der Waals surface area contributed by atoms with Gasteiger partial charge in [0.2, 0.25) is 11.9 Å². The molecule has 1 aromatic carbocycles. The highest BCUT2D eigenvalue weighted by molar-refractivity contribution is 7.90. The van der Waals surface area contributed by atoms with E-state index < -0.39 is 58.3 Å². The molecule has 40 heavy (non-hydrogen) atoms. The van der Waals surface area contributed by atoms with Crippen LogP contribution in [0.3, 0.4) is 0 Å². The van der Waals surface area contributed by atoms with Crippen LogP contribution in [0.15, 0.2) is 58.4 Å². The number of carboxylic acids is 1. The highest BCUT2D eigenvalue weighted by Gasteiger charge is 2.24. The van der Waals surface area contributed by atoms with E-state index in [1.165, 1.54) is 36.4 Å². The average molecular weight is 574 g/mol. The maximum atomic E-state index is 12.5. The van der Waals surface area contributed by atoms with Gasteiger partial charge in [-0.15, -0.1) is 0 Å². The predicted octanol–water partition coefficient (Wildman–Crippen LogP) is -0.558. The molecule has 0 aliphatic rings. The zero-order valence-corrected chi connectivity index (χ0v) is 21.2. The smallest absolute Gasteiger partial charge is 0.326 e. The molecule has 0 fully saturated rings. The summed E-state index contributed by atoms with van der Waals surface area (Å²) in [6, 6.07) is 7.12. The van der Waals surface area contributed by atoms with Crippen molar-refractivity contribution in [2.75, 3.05) is 22.1 Å². The van der Waals surface area contributed by atoms with Crippen LogP contribution in [-0.4, -0.2) is 58.3 Å². The molecule has 210 valence electrons. The molecule has 0 aliphatic carbocycles. The van der Waals surface area contributed by atoms with Gasteiger partial charge in [0.1, 0.15) is 11.7 Å². The molecule has 1 atom stereocenters. The molecule has 17 nitrogen and oxygen atoms in total. The second kappa shape index (κ2) is 12.3. The number of nitrogens with zero attached hydrogens (tertiary/aromatic N) is 2. The number of hydrogen-bond donors (Lipinski definition) is 8. The molecule has 0 spiro atoms. The van der Waals surface area contributed by atoms with E-state index in [1.54, 1.807) is 6.07 Å². The second-order valence-corrected chi connectivity index (χ2v) is 9.65. The maximum absolute atomic E-state index is 12.5. The number of benzene rings is 1. The van der Waals surface area contributed by atoms with Crippen molar-refractivity contribution in [1.29, 1.82) is 0 Å². The van der Waals surface area contributed by atoms with Crippen molar-refractivity contribution >= 4 is 57.0 Å². The van der Waals surface area contributed by atoms with Crippen LogP contribution in [0, 0.1) is 0 Å². The van der Waals surface area contributed by atoms with Gasteiger partial charge in [-0.2, -0.15) is 4.98 Å². The van der Waals surface area contributed by atoms with Crippen molar-refractivity contribution in [3.8, 4) is 0 Å². The number of aromatic amines is 1. The quantitative estimate of drug-likeness (QED) is 0.151. The van der Waals surface area contributed by atoms with E-state index in [9.17, 15) is 37.5 Å². The lowest BCUT2D eigenvalue weighted by atomic mass is 10.1. The zero-order valence-electron chi connectivity index (χ0n) is 20.4. The summed E-state index contributed by atoms with van der Waals surface area (Å²) >= 11 is 0. The van der Waals surface area contributed by atoms with Crippen LogP contribution in [-0.2, 0) is 19.6 Å². The number of carbonyl (C=O) groups is 4. The lowest BCUT2D eigenvalue weighted by Gasteiger charge is -2.14.